The van der Waals surface area contributed by atoms with Gasteiger partial charge in [0.1, 0.15) is 5.75 Å². The molecule has 5 heteroatoms. The SMILES string of the molecule is CC1(C)c2ccccc2Oc2c(N(c3ccc(-c4cccc5c4Sc4ccccc4C5(C)C)cc3)c3ccc4c(c3)Oc3ccccc3N4c3ccccc3)cccc21. The number of fused-ring (bicyclic) bond motifs is 6. The van der Waals surface area contributed by atoms with Gasteiger partial charge < -0.3 is 19.3 Å². The first-order valence-electron chi connectivity index (χ1n) is 20.3. The van der Waals surface area contributed by atoms with Gasteiger partial charge in [-0.2, -0.15) is 0 Å². The summed E-state index contributed by atoms with van der Waals surface area (Å²) >= 11 is 1.88. The monoisotopic (exact) mass is 782 g/mol. The van der Waals surface area contributed by atoms with Gasteiger partial charge in [0.25, 0.3) is 0 Å². The minimum absolute atomic E-state index is 0.103. The van der Waals surface area contributed by atoms with Crippen molar-refractivity contribution in [1.29, 1.82) is 0 Å². The van der Waals surface area contributed by atoms with Crippen molar-refractivity contribution in [2.45, 2.75) is 48.3 Å². The fraction of sp³-hybridized carbons (Fsp3) is 0.111. The van der Waals surface area contributed by atoms with Crippen LogP contribution < -0.4 is 19.3 Å². The van der Waals surface area contributed by atoms with Crippen LogP contribution in [0.3, 0.4) is 0 Å². The summed E-state index contributed by atoms with van der Waals surface area (Å²) in [5.74, 6) is 3.32. The Hall–Kier alpha value is -6.69. The molecular formula is C54H42N2O2S. The summed E-state index contributed by atoms with van der Waals surface area (Å²) in [6.07, 6.45) is 0. The van der Waals surface area contributed by atoms with E-state index in [2.05, 4.69) is 207 Å². The molecular weight excluding hydrogens is 741 g/mol. The molecule has 0 fully saturated rings. The summed E-state index contributed by atoms with van der Waals surface area (Å²) in [6, 6.07) is 64.8. The lowest BCUT2D eigenvalue weighted by molar-refractivity contribution is 0.419. The molecule has 0 saturated carbocycles. The van der Waals surface area contributed by atoms with Crippen LogP contribution in [0.15, 0.2) is 192 Å². The van der Waals surface area contributed by atoms with Crippen LogP contribution in [-0.4, -0.2) is 0 Å². The van der Waals surface area contributed by atoms with E-state index in [-0.39, 0.29) is 10.8 Å². The molecule has 11 rings (SSSR count). The van der Waals surface area contributed by atoms with Crippen LogP contribution in [-0.2, 0) is 10.8 Å². The Morgan fingerprint density at radius 2 is 1.10 bits per heavy atom. The second-order valence-electron chi connectivity index (χ2n) is 16.6. The molecule has 0 radical (unpaired) electrons. The summed E-state index contributed by atoms with van der Waals surface area (Å²) in [6.45, 7) is 9.27. The summed E-state index contributed by atoms with van der Waals surface area (Å²) in [5.41, 5.74) is 13.1. The molecule has 0 saturated heterocycles. The molecule has 0 aromatic heterocycles. The predicted octanol–water partition coefficient (Wildman–Crippen LogP) is 15.6. The van der Waals surface area contributed by atoms with Gasteiger partial charge >= 0.3 is 0 Å². The van der Waals surface area contributed by atoms with E-state index < -0.39 is 0 Å². The molecule has 0 bridgehead atoms. The van der Waals surface area contributed by atoms with Gasteiger partial charge in [-0.05, 0) is 89.0 Å². The lowest BCUT2D eigenvalue weighted by Crippen LogP contribution is -2.25. The van der Waals surface area contributed by atoms with Crippen LogP contribution in [0.5, 0.6) is 23.0 Å². The van der Waals surface area contributed by atoms with Crippen molar-refractivity contribution in [3.8, 4) is 34.1 Å². The molecule has 8 aromatic rings. The fourth-order valence-electron chi connectivity index (χ4n) is 9.28. The van der Waals surface area contributed by atoms with Gasteiger partial charge in [0.05, 0.1) is 22.7 Å². The Bertz CT molecular complexity index is 2940. The Kier molecular flexibility index (Phi) is 8.08. The average molecular weight is 783 g/mol. The van der Waals surface area contributed by atoms with Gasteiger partial charge in [-0.1, -0.05) is 149 Å². The van der Waals surface area contributed by atoms with Crippen molar-refractivity contribution in [1.82, 2.24) is 0 Å². The first-order chi connectivity index (χ1) is 28.8. The van der Waals surface area contributed by atoms with Crippen LogP contribution in [0.4, 0.5) is 34.1 Å². The highest BCUT2D eigenvalue weighted by Crippen LogP contribution is 2.57. The molecule has 0 spiro atoms. The fourth-order valence-corrected chi connectivity index (χ4v) is 10.8. The standard InChI is InChI=1S/C54H42N2O2S/c1-53(2)40-19-8-11-25-47(40)58-51-42(53)21-15-24-46(51)55(38-32-33-45-49(34-38)57-48-26-12-10-23-44(48)56(45)36-16-6-5-7-17-36)37-30-28-35(29-31-37)39-18-14-22-43-52(39)59-50-27-13-9-20-41(50)54(43,3)4/h5-34H,1-4H3. The number of ether oxygens (including phenoxy) is 2. The molecule has 59 heavy (non-hydrogen) atoms. The van der Waals surface area contributed by atoms with Crippen molar-refractivity contribution in [3.63, 3.8) is 0 Å². The Labute approximate surface area is 350 Å². The minimum Gasteiger partial charge on any atom is -0.455 e. The minimum atomic E-state index is -0.273. The van der Waals surface area contributed by atoms with Gasteiger partial charge in [0.15, 0.2) is 17.2 Å². The van der Waals surface area contributed by atoms with Crippen molar-refractivity contribution < 1.29 is 9.47 Å². The van der Waals surface area contributed by atoms with E-state index in [1.807, 2.05) is 23.9 Å². The highest BCUT2D eigenvalue weighted by molar-refractivity contribution is 7.99. The van der Waals surface area contributed by atoms with Crippen molar-refractivity contribution in [2.24, 2.45) is 0 Å². The molecule has 3 aliphatic heterocycles. The van der Waals surface area contributed by atoms with Crippen molar-refractivity contribution in [3.05, 3.63) is 204 Å². The molecule has 0 amide bonds. The molecule has 3 heterocycles. The van der Waals surface area contributed by atoms with E-state index >= 15 is 0 Å². The Morgan fingerprint density at radius 1 is 0.475 bits per heavy atom. The normalized spacial score (nSPS) is 14.9. The number of anilines is 6. The number of benzene rings is 8. The summed E-state index contributed by atoms with van der Waals surface area (Å²) in [5, 5.41) is 0. The van der Waals surface area contributed by atoms with Gasteiger partial charge in [-0.25, -0.2) is 0 Å². The average Bonchev–Trinajstić information content (AvgIpc) is 3.26. The lowest BCUT2D eigenvalue weighted by atomic mass is 9.75. The smallest absolute Gasteiger partial charge is 0.155 e. The number of hydrogen-bond acceptors (Lipinski definition) is 5. The van der Waals surface area contributed by atoms with Gasteiger partial charge in [-0.3, -0.25) is 0 Å². The molecule has 0 N–H and O–H groups in total. The zero-order valence-electron chi connectivity index (χ0n) is 33.4. The third kappa shape index (κ3) is 5.60. The van der Waals surface area contributed by atoms with E-state index in [0.29, 0.717) is 0 Å². The first-order valence-corrected chi connectivity index (χ1v) is 21.1. The summed E-state index contributed by atoms with van der Waals surface area (Å²) in [4.78, 5) is 7.24. The summed E-state index contributed by atoms with van der Waals surface area (Å²) in [7, 11) is 0. The van der Waals surface area contributed by atoms with Crippen LogP contribution >= 0.6 is 11.8 Å². The van der Waals surface area contributed by atoms with E-state index in [4.69, 9.17) is 9.47 Å². The third-order valence-electron chi connectivity index (χ3n) is 12.4. The first kappa shape index (κ1) is 35.5. The quantitative estimate of drug-likeness (QED) is 0.173. The zero-order chi connectivity index (χ0) is 39.9. The van der Waals surface area contributed by atoms with Crippen LogP contribution in [0.1, 0.15) is 49.9 Å². The molecule has 0 aliphatic carbocycles. The van der Waals surface area contributed by atoms with Crippen molar-refractivity contribution >= 4 is 45.9 Å². The molecule has 0 unspecified atom stereocenters. The number of nitrogens with zero attached hydrogens (tertiary/aromatic N) is 2. The Morgan fingerprint density at radius 3 is 1.93 bits per heavy atom. The molecule has 4 nitrogen and oxygen atoms in total. The second kappa shape index (κ2) is 13.4. The van der Waals surface area contributed by atoms with E-state index in [9.17, 15) is 0 Å². The highest BCUT2D eigenvalue weighted by atomic mass is 32.2. The topological polar surface area (TPSA) is 24.9 Å². The molecule has 0 atom stereocenters. The Balaban J connectivity index is 1.07. The number of para-hydroxylation sites is 5. The number of rotatable bonds is 5. The van der Waals surface area contributed by atoms with Crippen LogP contribution in [0.2, 0.25) is 0 Å². The lowest BCUT2D eigenvalue weighted by Gasteiger charge is -2.38. The largest absolute Gasteiger partial charge is 0.455 e. The predicted molar refractivity (Wildman–Crippen MR) is 243 cm³/mol. The van der Waals surface area contributed by atoms with E-state index in [0.717, 1.165) is 62.7 Å². The van der Waals surface area contributed by atoms with Gasteiger partial charge in [0, 0.05) is 49.2 Å². The maximum absolute atomic E-state index is 6.92. The number of hydrogen-bond donors (Lipinski definition) is 0. The van der Waals surface area contributed by atoms with Crippen LogP contribution in [0, 0.1) is 0 Å². The molecule has 8 aromatic carbocycles. The maximum Gasteiger partial charge on any atom is 0.155 e. The van der Waals surface area contributed by atoms with Gasteiger partial charge in [-0.15, -0.1) is 0 Å². The van der Waals surface area contributed by atoms with E-state index in [1.54, 1.807) is 0 Å². The third-order valence-corrected chi connectivity index (χ3v) is 13.6. The molecule has 286 valence electrons. The van der Waals surface area contributed by atoms with Crippen molar-refractivity contribution in [2.75, 3.05) is 9.80 Å². The van der Waals surface area contributed by atoms with Gasteiger partial charge in [0.2, 0.25) is 0 Å². The molecule has 3 aliphatic rings. The second-order valence-corrected chi connectivity index (χ2v) is 17.6. The van der Waals surface area contributed by atoms with Crippen LogP contribution in [0.25, 0.3) is 11.1 Å². The summed E-state index contributed by atoms with van der Waals surface area (Å²) < 4.78 is 13.7. The highest BCUT2D eigenvalue weighted by Gasteiger charge is 2.38. The van der Waals surface area contributed by atoms with E-state index in [1.165, 1.54) is 37.6 Å². The zero-order valence-corrected chi connectivity index (χ0v) is 34.3. The maximum atomic E-state index is 6.92.